The zero-order valence-corrected chi connectivity index (χ0v) is 20.3. The fourth-order valence-electron chi connectivity index (χ4n) is 7.36. The summed E-state index contributed by atoms with van der Waals surface area (Å²) in [7, 11) is 0. The molecule has 0 heterocycles. The van der Waals surface area contributed by atoms with E-state index < -0.39 is 0 Å². The molecule has 3 saturated carbocycles. The Labute approximate surface area is 184 Å². The van der Waals surface area contributed by atoms with Crippen molar-refractivity contribution in [3.05, 3.63) is 0 Å². The van der Waals surface area contributed by atoms with Gasteiger partial charge in [-0.25, -0.2) is 0 Å². The van der Waals surface area contributed by atoms with Gasteiger partial charge in [0.15, 0.2) is 0 Å². The first-order valence-electron chi connectivity index (χ1n) is 14.3. The molecule has 0 heteroatoms. The summed E-state index contributed by atoms with van der Waals surface area (Å²) in [5.74, 6) is 6.54. The quantitative estimate of drug-likeness (QED) is 0.301. The lowest BCUT2D eigenvalue weighted by Crippen LogP contribution is -2.29. The molecule has 0 aromatic heterocycles. The summed E-state index contributed by atoms with van der Waals surface area (Å²) < 4.78 is 0. The van der Waals surface area contributed by atoms with Gasteiger partial charge in [0.05, 0.1) is 0 Å². The maximum atomic E-state index is 2.47. The van der Waals surface area contributed by atoms with Gasteiger partial charge in [-0.1, -0.05) is 97.3 Å². The average molecular weight is 403 g/mol. The van der Waals surface area contributed by atoms with Gasteiger partial charge in [-0.15, -0.1) is 0 Å². The molecule has 0 atom stereocenters. The summed E-state index contributed by atoms with van der Waals surface area (Å²) in [6.45, 7) is 4.79. The lowest BCUT2D eigenvalue weighted by molar-refractivity contribution is 0.105. The summed E-state index contributed by atoms with van der Waals surface area (Å²) in [5.41, 5.74) is 0. The number of hydrogen-bond donors (Lipinski definition) is 0. The monoisotopic (exact) mass is 402 g/mol. The summed E-state index contributed by atoms with van der Waals surface area (Å²) in [6, 6.07) is 0. The highest BCUT2D eigenvalue weighted by Gasteiger charge is 2.34. The van der Waals surface area contributed by atoms with Crippen LogP contribution >= 0.6 is 0 Å². The number of unbranched alkanes of at least 4 members (excludes halogenated alkanes) is 7. The van der Waals surface area contributed by atoms with Crippen LogP contribution in [-0.2, 0) is 0 Å². The molecular formula is C29H54. The van der Waals surface area contributed by atoms with Crippen LogP contribution in [0.5, 0.6) is 0 Å². The van der Waals surface area contributed by atoms with Crippen molar-refractivity contribution in [3.8, 4) is 0 Å². The van der Waals surface area contributed by atoms with E-state index in [9.17, 15) is 0 Å². The highest BCUT2D eigenvalue weighted by molar-refractivity contribution is 4.85. The summed E-state index contributed by atoms with van der Waals surface area (Å²) in [5, 5.41) is 0. The molecule has 0 nitrogen and oxygen atoms in total. The fraction of sp³-hybridized carbons (Fsp3) is 1.00. The molecule has 3 aliphatic carbocycles. The van der Waals surface area contributed by atoms with Crippen molar-refractivity contribution >= 4 is 0 Å². The van der Waals surface area contributed by atoms with Gasteiger partial charge in [-0.2, -0.15) is 0 Å². The van der Waals surface area contributed by atoms with Crippen molar-refractivity contribution in [2.24, 2.45) is 35.5 Å². The molecule has 29 heavy (non-hydrogen) atoms. The first-order valence-corrected chi connectivity index (χ1v) is 14.3. The van der Waals surface area contributed by atoms with E-state index in [1.54, 1.807) is 70.6 Å². The first-order chi connectivity index (χ1) is 14.3. The zero-order valence-electron chi connectivity index (χ0n) is 20.3. The van der Waals surface area contributed by atoms with Gasteiger partial charge in [0.1, 0.15) is 0 Å². The van der Waals surface area contributed by atoms with Gasteiger partial charge < -0.3 is 0 Å². The molecule has 0 aromatic carbocycles. The van der Waals surface area contributed by atoms with E-state index in [1.165, 1.54) is 64.2 Å². The van der Waals surface area contributed by atoms with Crippen LogP contribution in [0, 0.1) is 35.5 Å². The summed E-state index contributed by atoms with van der Waals surface area (Å²) >= 11 is 0. The standard InChI is InChI=1S/C29H54/c1-3-4-5-6-7-8-9-10-11-25-14-18-27(19-15-25)29-22-20-28(21-23-29)26-16-12-24(2)13-17-26/h24-29H,3-23H2,1-2H3. The lowest BCUT2D eigenvalue weighted by atomic mass is 9.65. The second-order valence-electron chi connectivity index (χ2n) is 11.7. The van der Waals surface area contributed by atoms with Gasteiger partial charge in [0.25, 0.3) is 0 Å². The van der Waals surface area contributed by atoms with Crippen LogP contribution in [0.4, 0.5) is 0 Å². The predicted molar refractivity (Wildman–Crippen MR) is 129 cm³/mol. The molecule has 0 spiro atoms. The minimum absolute atomic E-state index is 1.02. The Morgan fingerprint density at radius 2 is 0.828 bits per heavy atom. The van der Waals surface area contributed by atoms with Crippen LogP contribution in [-0.4, -0.2) is 0 Å². The van der Waals surface area contributed by atoms with E-state index in [0.717, 1.165) is 35.5 Å². The molecule has 0 radical (unpaired) electrons. The van der Waals surface area contributed by atoms with E-state index >= 15 is 0 Å². The maximum absolute atomic E-state index is 2.47. The van der Waals surface area contributed by atoms with Crippen molar-refractivity contribution in [2.75, 3.05) is 0 Å². The molecule has 3 fully saturated rings. The minimum Gasteiger partial charge on any atom is -0.0654 e. The molecule has 0 aromatic rings. The molecule has 0 aliphatic heterocycles. The van der Waals surface area contributed by atoms with E-state index in [1.807, 2.05) is 0 Å². The van der Waals surface area contributed by atoms with Gasteiger partial charge >= 0.3 is 0 Å². The van der Waals surface area contributed by atoms with Gasteiger partial charge in [0, 0.05) is 0 Å². The minimum atomic E-state index is 1.02. The molecule has 0 N–H and O–H groups in total. The zero-order chi connectivity index (χ0) is 20.3. The Hall–Kier alpha value is 0. The Morgan fingerprint density at radius 3 is 1.31 bits per heavy atom. The van der Waals surface area contributed by atoms with E-state index in [-0.39, 0.29) is 0 Å². The molecule has 0 amide bonds. The SMILES string of the molecule is CCCCCCCCCCC1CCC(C2CCC(C3CCC(C)CC3)CC2)CC1. The molecule has 0 saturated heterocycles. The van der Waals surface area contributed by atoms with Crippen molar-refractivity contribution in [1.82, 2.24) is 0 Å². The van der Waals surface area contributed by atoms with E-state index in [2.05, 4.69) is 13.8 Å². The topological polar surface area (TPSA) is 0 Å². The number of rotatable bonds is 11. The van der Waals surface area contributed by atoms with Crippen LogP contribution in [0.15, 0.2) is 0 Å². The second kappa shape index (κ2) is 13.4. The van der Waals surface area contributed by atoms with Crippen molar-refractivity contribution < 1.29 is 0 Å². The third-order valence-electron chi connectivity index (χ3n) is 9.57. The Morgan fingerprint density at radius 1 is 0.448 bits per heavy atom. The third kappa shape index (κ3) is 8.22. The van der Waals surface area contributed by atoms with Crippen LogP contribution in [0.25, 0.3) is 0 Å². The van der Waals surface area contributed by atoms with Crippen LogP contribution in [0.1, 0.15) is 149 Å². The lowest BCUT2D eigenvalue weighted by Gasteiger charge is -2.41. The van der Waals surface area contributed by atoms with E-state index in [0.29, 0.717) is 0 Å². The Bertz CT molecular complexity index is 388. The normalized spacial score (nSPS) is 36.2. The van der Waals surface area contributed by atoms with Crippen molar-refractivity contribution in [3.63, 3.8) is 0 Å². The fourth-order valence-corrected chi connectivity index (χ4v) is 7.36. The van der Waals surface area contributed by atoms with Crippen molar-refractivity contribution in [2.45, 2.75) is 149 Å². The molecule has 0 unspecified atom stereocenters. The van der Waals surface area contributed by atoms with Crippen LogP contribution in [0.2, 0.25) is 0 Å². The highest BCUT2D eigenvalue weighted by atomic mass is 14.4. The largest absolute Gasteiger partial charge is 0.0654 e. The predicted octanol–water partition coefficient (Wildman–Crippen LogP) is 9.96. The third-order valence-corrected chi connectivity index (χ3v) is 9.57. The molecular weight excluding hydrogens is 348 g/mol. The highest BCUT2D eigenvalue weighted by Crippen LogP contribution is 2.46. The van der Waals surface area contributed by atoms with Gasteiger partial charge in [0.2, 0.25) is 0 Å². The van der Waals surface area contributed by atoms with E-state index in [4.69, 9.17) is 0 Å². The second-order valence-corrected chi connectivity index (χ2v) is 11.7. The Kier molecular flexibility index (Phi) is 10.9. The number of hydrogen-bond acceptors (Lipinski definition) is 0. The molecule has 3 rings (SSSR count). The molecule has 0 bridgehead atoms. The smallest absolute Gasteiger partial charge is 0.0386 e. The molecule has 3 aliphatic rings. The summed E-state index contributed by atoms with van der Waals surface area (Å²) in [6.07, 6.45) is 32.2. The van der Waals surface area contributed by atoms with Crippen LogP contribution in [0.3, 0.4) is 0 Å². The average Bonchev–Trinajstić information content (AvgIpc) is 2.77. The van der Waals surface area contributed by atoms with Gasteiger partial charge in [-0.05, 0) is 86.9 Å². The first kappa shape index (κ1) is 23.7. The van der Waals surface area contributed by atoms with Crippen LogP contribution < -0.4 is 0 Å². The maximum Gasteiger partial charge on any atom is -0.0386 e. The van der Waals surface area contributed by atoms with Gasteiger partial charge in [-0.3, -0.25) is 0 Å². The molecule has 170 valence electrons. The summed E-state index contributed by atoms with van der Waals surface area (Å²) in [4.78, 5) is 0. The Balaban J connectivity index is 1.21. The van der Waals surface area contributed by atoms with Crippen molar-refractivity contribution in [1.29, 1.82) is 0 Å².